The summed E-state index contributed by atoms with van der Waals surface area (Å²) < 4.78 is 12.8. The van der Waals surface area contributed by atoms with Gasteiger partial charge in [0, 0.05) is 26.2 Å². The first-order valence-electron chi connectivity index (χ1n) is 7.44. The highest BCUT2D eigenvalue weighted by Crippen LogP contribution is 2.05. The molecule has 1 aromatic carbocycles. The third-order valence-corrected chi connectivity index (χ3v) is 3.15. The minimum atomic E-state index is -0.201. The summed E-state index contributed by atoms with van der Waals surface area (Å²) in [4.78, 5) is 6.43. The van der Waals surface area contributed by atoms with Crippen LogP contribution in [0, 0.1) is 11.7 Å². The summed E-state index contributed by atoms with van der Waals surface area (Å²) in [5.74, 6) is 0.947. The van der Waals surface area contributed by atoms with Crippen LogP contribution in [0.3, 0.4) is 0 Å². The van der Waals surface area contributed by atoms with E-state index in [4.69, 9.17) is 5.73 Å². The lowest BCUT2D eigenvalue weighted by Gasteiger charge is -2.17. The molecular weight excluding hydrogens is 267 g/mol. The molecule has 0 saturated heterocycles. The lowest BCUT2D eigenvalue weighted by atomic mass is 10.1. The third-order valence-electron chi connectivity index (χ3n) is 3.15. The number of nitrogens with two attached hydrogens (primary N) is 1. The molecule has 0 aliphatic rings. The van der Waals surface area contributed by atoms with E-state index in [9.17, 15) is 4.39 Å². The highest BCUT2D eigenvalue weighted by Gasteiger charge is 2.01. The molecule has 3 N–H and O–H groups in total. The lowest BCUT2D eigenvalue weighted by Crippen LogP contribution is -2.37. The van der Waals surface area contributed by atoms with Crippen molar-refractivity contribution >= 4 is 5.96 Å². The predicted molar refractivity (Wildman–Crippen MR) is 86.7 cm³/mol. The Morgan fingerprint density at radius 3 is 2.62 bits per heavy atom. The van der Waals surface area contributed by atoms with Gasteiger partial charge in [-0.3, -0.25) is 4.99 Å². The molecule has 0 heterocycles. The summed E-state index contributed by atoms with van der Waals surface area (Å²) in [5, 5.41) is 3.11. The number of benzene rings is 1. The molecule has 0 saturated carbocycles. The van der Waals surface area contributed by atoms with Gasteiger partial charge in [-0.1, -0.05) is 26.0 Å². The largest absolute Gasteiger partial charge is 0.370 e. The van der Waals surface area contributed by atoms with E-state index in [0.717, 1.165) is 38.2 Å². The van der Waals surface area contributed by atoms with Crippen molar-refractivity contribution in [3.8, 4) is 0 Å². The van der Waals surface area contributed by atoms with Gasteiger partial charge >= 0.3 is 0 Å². The molecule has 0 amide bonds. The highest BCUT2D eigenvalue weighted by molar-refractivity contribution is 5.77. The van der Waals surface area contributed by atoms with Gasteiger partial charge in [0.25, 0.3) is 0 Å². The summed E-state index contributed by atoms with van der Waals surface area (Å²) in [5.41, 5.74) is 6.89. The zero-order valence-corrected chi connectivity index (χ0v) is 13.3. The van der Waals surface area contributed by atoms with Crippen LogP contribution >= 0.6 is 0 Å². The number of nitrogens with one attached hydrogen (secondary N) is 1. The van der Waals surface area contributed by atoms with Gasteiger partial charge < -0.3 is 16.0 Å². The SMILES string of the molecule is CC(C)CCN=C(N)NCCN(C)Cc1ccc(F)cc1. The molecule has 0 radical (unpaired) electrons. The smallest absolute Gasteiger partial charge is 0.188 e. The topological polar surface area (TPSA) is 53.6 Å². The van der Waals surface area contributed by atoms with Gasteiger partial charge in [0.2, 0.25) is 0 Å². The van der Waals surface area contributed by atoms with Crippen molar-refractivity contribution in [2.24, 2.45) is 16.6 Å². The van der Waals surface area contributed by atoms with Gasteiger partial charge in [-0.25, -0.2) is 4.39 Å². The predicted octanol–water partition coefficient (Wildman–Crippen LogP) is 2.21. The van der Waals surface area contributed by atoms with Crippen molar-refractivity contribution in [1.82, 2.24) is 10.2 Å². The van der Waals surface area contributed by atoms with Crippen LogP contribution in [0.15, 0.2) is 29.3 Å². The molecule has 5 heteroatoms. The molecule has 0 unspecified atom stereocenters. The van der Waals surface area contributed by atoms with E-state index in [1.807, 2.05) is 7.05 Å². The van der Waals surface area contributed by atoms with Gasteiger partial charge in [0.05, 0.1) is 0 Å². The molecule has 0 fully saturated rings. The molecule has 4 nitrogen and oxygen atoms in total. The van der Waals surface area contributed by atoms with Gasteiger partial charge in [0.1, 0.15) is 5.82 Å². The molecule has 21 heavy (non-hydrogen) atoms. The standard InChI is InChI=1S/C16H27FN4/c1-13(2)8-9-19-16(18)20-10-11-21(3)12-14-4-6-15(17)7-5-14/h4-7,13H,8-12H2,1-3H3,(H3,18,19,20). The number of nitrogens with zero attached hydrogens (tertiary/aromatic N) is 2. The first-order valence-corrected chi connectivity index (χ1v) is 7.44. The van der Waals surface area contributed by atoms with E-state index < -0.39 is 0 Å². The molecule has 1 aromatic rings. The van der Waals surface area contributed by atoms with Crippen LogP contribution < -0.4 is 11.1 Å². The number of halogens is 1. The van der Waals surface area contributed by atoms with Gasteiger partial charge in [-0.15, -0.1) is 0 Å². The molecule has 0 aliphatic carbocycles. The first-order chi connectivity index (χ1) is 9.97. The second-order valence-electron chi connectivity index (χ2n) is 5.74. The molecule has 1 rings (SSSR count). The second-order valence-corrected chi connectivity index (χ2v) is 5.74. The minimum Gasteiger partial charge on any atom is -0.370 e. The number of guanidine groups is 1. The lowest BCUT2D eigenvalue weighted by molar-refractivity contribution is 0.331. The van der Waals surface area contributed by atoms with Crippen LogP contribution in [0.1, 0.15) is 25.8 Å². The van der Waals surface area contributed by atoms with Crippen molar-refractivity contribution < 1.29 is 4.39 Å². The van der Waals surface area contributed by atoms with Crippen molar-refractivity contribution in [3.05, 3.63) is 35.6 Å². The van der Waals surface area contributed by atoms with Crippen LogP contribution in [0.5, 0.6) is 0 Å². The number of rotatable bonds is 8. The Labute approximate surface area is 127 Å². The summed E-state index contributed by atoms with van der Waals surface area (Å²) in [6.07, 6.45) is 1.05. The fourth-order valence-corrected chi connectivity index (χ4v) is 1.85. The molecule has 0 atom stereocenters. The quantitative estimate of drug-likeness (QED) is 0.571. The molecular formula is C16H27FN4. The van der Waals surface area contributed by atoms with Gasteiger partial charge in [-0.05, 0) is 37.1 Å². The fraction of sp³-hybridized carbons (Fsp3) is 0.562. The average Bonchev–Trinajstić information content (AvgIpc) is 2.41. The Hall–Kier alpha value is -1.62. The monoisotopic (exact) mass is 294 g/mol. The van der Waals surface area contributed by atoms with E-state index in [2.05, 4.69) is 29.1 Å². The first kappa shape index (κ1) is 17.4. The number of hydrogen-bond donors (Lipinski definition) is 2. The average molecular weight is 294 g/mol. The van der Waals surface area contributed by atoms with E-state index in [-0.39, 0.29) is 5.82 Å². The molecule has 118 valence electrons. The summed E-state index contributed by atoms with van der Waals surface area (Å²) in [6.45, 7) is 7.48. The van der Waals surface area contributed by atoms with Crippen LogP contribution in [0.2, 0.25) is 0 Å². The second kappa shape index (κ2) is 9.34. The Morgan fingerprint density at radius 2 is 2.00 bits per heavy atom. The van der Waals surface area contributed by atoms with Crippen molar-refractivity contribution in [2.75, 3.05) is 26.7 Å². The van der Waals surface area contributed by atoms with Gasteiger partial charge in [0.15, 0.2) is 5.96 Å². The van der Waals surface area contributed by atoms with E-state index >= 15 is 0 Å². The zero-order valence-electron chi connectivity index (χ0n) is 13.3. The highest BCUT2D eigenvalue weighted by atomic mass is 19.1. The maximum absolute atomic E-state index is 12.8. The van der Waals surface area contributed by atoms with Crippen LogP contribution in [-0.2, 0) is 6.54 Å². The number of likely N-dealkylation sites (N-methyl/N-ethyl adjacent to an activating group) is 1. The number of hydrogen-bond acceptors (Lipinski definition) is 2. The van der Waals surface area contributed by atoms with E-state index in [1.54, 1.807) is 12.1 Å². The molecule has 0 bridgehead atoms. The normalized spacial score (nSPS) is 12.2. The summed E-state index contributed by atoms with van der Waals surface area (Å²) >= 11 is 0. The maximum Gasteiger partial charge on any atom is 0.188 e. The summed E-state index contributed by atoms with van der Waals surface area (Å²) in [6, 6.07) is 6.59. The van der Waals surface area contributed by atoms with Crippen molar-refractivity contribution in [3.63, 3.8) is 0 Å². The van der Waals surface area contributed by atoms with Crippen molar-refractivity contribution in [1.29, 1.82) is 0 Å². The summed E-state index contributed by atoms with van der Waals surface area (Å²) in [7, 11) is 2.02. The Kier molecular flexibility index (Phi) is 7.75. The molecule has 0 aromatic heterocycles. The molecule has 0 aliphatic heterocycles. The van der Waals surface area contributed by atoms with E-state index in [0.29, 0.717) is 11.9 Å². The van der Waals surface area contributed by atoms with Crippen LogP contribution in [0.25, 0.3) is 0 Å². The van der Waals surface area contributed by atoms with Crippen LogP contribution in [0.4, 0.5) is 4.39 Å². The fourth-order valence-electron chi connectivity index (χ4n) is 1.85. The Balaban J connectivity index is 2.20. The van der Waals surface area contributed by atoms with Crippen LogP contribution in [-0.4, -0.2) is 37.5 Å². The zero-order chi connectivity index (χ0) is 15.7. The Morgan fingerprint density at radius 1 is 1.33 bits per heavy atom. The maximum atomic E-state index is 12.8. The molecule has 0 spiro atoms. The van der Waals surface area contributed by atoms with Gasteiger partial charge in [-0.2, -0.15) is 0 Å². The minimum absolute atomic E-state index is 0.201. The third kappa shape index (κ3) is 8.30. The van der Waals surface area contributed by atoms with Crippen molar-refractivity contribution in [2.45, 2.75) is 26.8 Å². The number of aliphatic imine (C=N–C) groups is 1. The Bertz CT molecular complexity index is 428. The van der Waals surface area contributed by atoms with E-state index in [1.165, 1.54) is 12.1 Å².